The minimum Gasteiger partial charge on any atom is -0.489 e. The molecule has 1 aliphatic carbocycles. The highest BCUT2D eigenvalue weighted by molar-refractivity contribution is 5.82. The normalized spacial score (nSPS) is 20.4. The van der Waals surface area contributed by atoms with Crippen molar-refractivity contribution < 1.29 is 14.3 Å². The summed E-state index contributed by atoms with van der Waals surface area (Å²) in [7, 11) is 1.73. The number of pyridine rings is 1. The molecule has 3 rings (SSSR count). The Bertz CT molecular complexity index is 774. The summed E-state index contributed by atoms with van der Waals surface area (Å²) in [6, 6.07) is 3.81. The molecule has 2 heterocycles. The number of hydrogen-bond donors (Lipinski definition) is 3. The number of nitrogens with zero attached hydrogens (tertiary/aromatic N) is 3. The molecule has 1 unspecified atom stereocenters. The number of aliphatic imine (C=N–C) groups is 1. The van der Waals surface area contributed by atoms with Crippen LogP contribution >= 0.6 is 0 Å². The molecular weight excluding hydrogens is 384 g/mol. The zero-order valence-corrected chi connectivity index (χ0v) is 18.2. The number of nitrogens with one attached hydrogen (secondary N) is 1. The Morgan fingerprint density at radius 2 is 2.07 bits per heavy atom. The van der Waals surface area contributed by atoms with Gasteiger partial charge in [0.2, 0.25) is 5.90 Å². The van der Waals surface area contributed by atoms with Crippen molar-refractivity contribution in [1.82, 2.24) is 15.5 Å². The van der Waals surface area contributed by atoms with E-state index >= 15 is 0 Å². The Hall–Kier alpha value is -2.36. The number of aryl methyl sites for hydroxylation is 1. The quantitative estimate of drug-likeness (QED) is 0.412. The van der Waals surface area contributed by atoms with Crippen molar-refractivity contribution in [1.29, 1.82) is 0 Å². The van der Waals surface area contributed by atoms with Crippen LogP contribution in [0.15, 0.2) is 22.8 Å². The van der Waals surface area contributed by atoms with Gasteiger partial charge in [-0.05, 0) is 51.7 Å². The number of hydrazine groups is 1. The van der Waals surface area contributed by atoms with Crippen LogP contribution in [0.5, 0.6) is 5.75 Å². The second-order valence-electron chi connectivity index (χ2n) is 7.72. The van der Waals surface area contributed by atoms with Crippen LogP contribution in [0, 0.1) is 6.92 Å². The fraction of sp³-hybridized carbons (Fsp3) is 0.619. The molecule has 30 heavy (non-hydrogen) atoms. The molecule has 0 saturated heterocycles. The van der Waals surface area contributed by atoms with Gasteiger partial charge < -0.3 is 25.1 Å². The summed E-state index contributed by atoms with van der Waals surface area (Å²) in [5, 5.41) is 1.47. The van der Waals surface area contributed by atoms with Crippen molar-refractivity contribution in [3.63, 3.8) is 0 Å². The molecule has 0 radical (unpaired) electrons. The van der Waals surface area contributed by atoms with Gasteiger partial charge in [0.25, 0.3) is 0 Å². The predicted molar refractivity (Wildman–Crippen MR) is 116 cm³/mol. The highest BCUT2D eigenvalue weighted by Gasteiger charge is 2.23. The van der Waals surface area contributed by atoms with Crippen LogP contribution < -0.4 is 21.8 Å². The maximum atomic E-state index is 6.44. The zero-order chi connectivity index (χ0) is 21.5. The maximum Gasteiger partial charge on any atom is 0.217 e. The van der Waals surface area contributed by atoms with E-state index < -0.39 is 0 Å². The van der Waals surface area contributed by atoms with Gasteiger partial charge in [-0.25, -0.2) is 15.8 Å². The summed E-state index contributed by atoms with van der Waals surface area (Å²) in [5.41, 5.74) is 11.9. The zero-order valence-electron chi connectivity index (χ0n) is 18.2. The van der Waals surface area contributed by atoms with Crippen molar-refractivity contribution in [3.8, 4) is 5.75 Å². The predicted octanol–water partition coefficient (Wildman–Crippen LogP) is 2.22. The van der Waals surface area contributed by atoms with Crippen molar-refractivity contribution in [2.75, 3.05) is 20.3 Å². The van der Waals surface area contributed by atoms with Crippen LogP contribution in [-0.4, -0.2) is 48.4 Å². The molecule has 0 aromatic carbocycles. The van der Waals surface area contributed by atoms with E-state index in [0.29, 0.717) is 42.6 Å². The summed E-state index contributed by atoms with van der Waals surface area (Å²) >= 11 is 0. The first kappa shape index (κ1) is 22.3. The second kappa shape index (κ2) is 10.6. The third kappa shape index (κ3) is 5.84. The van der Waals surface area contributed by atoms with Crippen molar-refractivity contribution >= 4 is 11.6 Å². The molecule has 5 N–H and O–H groups in total. The van der Waals surface area contributed by atoms with Gasteiger partial charge in [0, 0.05) is 13.7 Å². The summed E-state index contributed by atoms with van der Waals surface area (Å²) in [5.74, 6) is 7.36. The van der Waals surface area contributed by atoms with E-state index in [-0.39, 0.29) is 12.3 Å². The van der Waals surface area contributed by atoms with Crippen LogP contribution in [0.25, 0.3) is 5.70 Å². The van der Waals surface area contributed by atoms with Gasteiger partial charge in [0.1, 0.15) is 5.75 Å². The lowest BCUT2D eigenvalue weighted by molar-refractivity contribution is 0.0844. The number of nitrogens with two attached hydrogens (primary N) is 2. The summed E-state index contributed by atoms with van der Waals surface area (Å²) in [6.07, 6.45) is 6.34. The van der Waals surface area contributed by atoms with Crippen molar-refractivity contribution in [2.24, 2.45) is 16.6 Å². The molecule has 1 fully saturated rings. The van der Waals surface area contributed by atoms with Gasteiger partial charge in [-0.1, -0.05) is 6.42 Å². The number of hydrogen-bond acceptors (Lipinski definition) is 9. The Labute approximate surface area is 178 Å². The van der Waals surface area contributed by atoms with E-state index in [1.165, 1.54) is 24.3 Å². The third-order valence-corrected chi connectivity index (χ3v) is 5.31. The number of aromatic nitrogens is 1. The first-order chi connectivity index (χ1) is 14.5. The minimum atomic E-state index is -0.234. The fourth-order valence-electron chi connectivity index (χ4n) is 3.63. The van der Waals surface area contributed by atoms with Gasteiger partial charge in [-0.2, -0.15) is 0 Å². The average Bonchev–Trinajstić information content (AvgIpc) is 3.19. The lowest BCUT2D eigenvalue weighted by Gasteiger charge is -2.24. The van der Waals surface area contributed by atoms with Crippen LogP contribution in [-0.2, 0) is 9.57 Å². The molecule has 1 saturated carbocycles. The van der Waals surface area contributed by atoms with E-state index in [4.69, 9.17) is 25.9 Å². The summed E-state index contributed by atoms with van der Waals surface area (Å²) in [4.78, 5) is 14.6. The highest BCUT2D eigenvalue weighted by Crippen LogP contribution is 2.27. The van der Waals surface area contributed by atoms with E-state index in [2.05, 4.69) is 15.5 Å². The average molecular weight is 419 g/mol. The third-order valence-electron chi connectivity index (χ3n) is 5.31. The topological polar surface area (TPSA) is 120 Å². The van der Waals surface area contributed by atoms with Gasteiger partial charge >= 0.3 is 0 Å². The molecule has 0 bridgehead atoms. The standard InChI is InChI=1S/C21H34N6O3/c1-4-28-13-19-25-20(30-26-19)12-17(27(3)23)21(22)16-10-11-18(14(2)24-16)29-15-8-6-5-7-9-15/h10-11,15,19,26H,4-9,12-13,22-23H2,1-3H3/b21-17-. The van der Waals surface area contributed by atoms with E-state index in [1.54, 1.807) is 7.05 Å². The molecule has 9 heteroatoms. The highest BCUT2D eigenvalue weighted by atomic mass is 16.7. The summed E-state index contributed by atoms with van der Waals surface area (Å²) < 4.78 is 11.5. The number of hydroxylamine groups is 1. The Morgan fingerprint density at radius 3 is 2.73 bits per heavy atom. The lowest BCUT2D eigenvalue weighted by atomic mass is 9.98. The smallest absolute Gasteiger partial charge is 0.217 e. The van der Waals surface area contributed by atoms with E-state index in [0.717, 1.165) is 24.3 Å². The van der Waals surface area contributed by atoms with Crippen LogP contribution in [0.4, 0.5) is 0 Å². The van der Waals surface area contributed by atoms with Gasteiger partial charge in [-0.15, -0.1) is 5.48 Å². The fourth-order valence-corrected chi connectivity index (χ4v) is 3.63. The molecule has 1 aliphatic heterocycles. The van der Waals surface area contributed by atoms with Crippen LogP contribution in [0.2, 0.25) is 0 Å². The van der Waals surface area contributed by atoms with Crippen molar-refractivity contribution in [2.45, 2.75) is 64.6 Å². The van der Waals surface area contributed by atoms with Crippen LogP contribution in [0.3, 0.4) is 0 Å². The Morgan fingerprint density at radius 1 is 1.30 bits per heavy atom. The Balaban J connectivity index is 1.73. The van der Waals surface area contributed by atoms with E-state index in [9.17, 15) is 0 Å². The lowest BCUT2D eigenvalue weighted by Crippen LogP contribution is -2.30. The second-order valence-corrected chi connectivity index (χ2v) is 7.72. The number of rotatable bonds is 9. The molecule has 2 aliphatic rings. The minimum absolute atomic E-state index is 0.234. The van der Waals surface area contributed by atoms with Crippen molar-refractivity contribution in [3.05, 3.63) is 29.2 Å². The Kier molecular flexibility index (Phi) is 7.89. The van der Waals surface area contributed by atoms with Crippen LogP contribution in [0.1, 0.15) is 56.8 Å². The molecule has 1 atom stereocenters. The first-order valence-electron chi connectivity index (χ1n) is 10.7. The largest absolute Gasteiger partial charge is 0.489 e. The monoisotopic (exact) mass is 418 g/mol. The molecule has 166 valence electrons. The molecule has 1 aromatic heterocycles. The summed E-state index contributed by atoms with van der Waals surface area (Å²) in [6.45, 7) is 4.94. The number of ether oxygens (including phenoxy) is 2. The van der Waals surface area contributed by atoms with Gasteiger partial charge in [-0.3, -0.25) is 0 Å². The molecule has 0 amide bonds. The molecule has 9 nitrogen and oxygen atoms in total. The van der Waals surface area contributed by atoms with E-state index in [1.807, 2.05) is 26.0 Å². The molecule has 1 aromatic rings. The SMILES string of the molecule is CCOCC1N=C(C/C(=C(/N)c2ccc(OC3CCCCC3)c(C)n2)N(C)N)ON1. The first-order valence-corrected chi connectivity index (χ1v) is 10.7. The van der Waals surface area contributed by atoms with Gasteiger partial charge in [0.05, 0.1) is 41.9 Å². The van der Waals surface area contributed by atoms with Gasteiger partial charge in [0.15, 0.2) is 6.17 Å². The maximum absolute atomic E-state index is 6.44. The molecular formula is C21H34N6O3. The molecule has 0 spiro atoms.